The molecule has 0 aliphatic rings. The van der Waals surface area contributed by atoms with Gasteiger partial charge in [-0.15, -0.1) is 0 Å². The molecular weight excluding hydrogens is 314 g/mol. The second kappa shape index (κ2) is 6.50. The van der Waals surface area contributed by atoms with Crippen LogP contribution >= 0.6 is 0 Å². The number of hydrogen-bond acceptors (Lipinski definition) is 4. The largest absolute Gasteiger partial charge is 0.497 e. The summed E-state index contributed by atoms with van der Waals surface area (Å²) in [6.45, 7) is 5.80. The average Bonchev–Trinajstić information content (AvgIpc) is 2.46. The van der Waals surface area contributed by atoms with Crippen LogP contribution < -0.4 is 14.2 Å². The number of ether oxygens (including phenoxy) is 2. The fourth-order valence-corrected chi connectivity index (χ4v) is 2.97. The second-order valence-corrected chi connectivity index (χ2v) is 7.70. The predicted octanol–water partition coefficient (Wildman–Crippen LogP) is 3.67. The van der Waals surface area contributed by atoms with Gasteiger partial charge in [-0.1, -0.05) is 0 Å². The van der Waals surface area contributed by atoms with E-state index in [0.717, 1.165) is 0 Å². The van der Waals surface area contributed by atoms with Crippen molar-refractivity contribution in [1.29, 1.82) is 0 Å². The Morgan fingerprint density at radius 1 is 0.870 bits per heavy atom. The molecule has 0 spiro atoms. The smallest absolute Gasteiger partial charge is 0.261 e. The van der Waals surface area contributed by atoms with E-state index in [2.05, 4.69) is 4.72 Å². The van der Waals surface area contributed by atoms with Gasteiger partial charge in [0.2, 0.25) is 0 Å². The zero-order valence-corrected chi connectivity index (χ0v) is 14.5. The van der Waals surface area contributed by atoms with E-state index >= 15 is 0 Å². The zero-order valence-electron chi connectivity index (χ0n) is 13.7. The molecule has 0 saturated carbocycles. The van der Waals surface area contributed by atoms with Crippen LogP contribution in [0.5, 0.6) is 11.5 Å². The van der Waals surface area contributed by atoms with Crippen LogP contribution in [0.2, 0.25) is 0 Å². The van der Waals surface area contributed by atoms with Gasteiger partial charge >= 0.3 is 0 Å². The number of rotatable bonds is 5. The Labute approximate surface area is 137 Å². The Morgan fingerprint density at radius 3 is 1.87 bits per heavy atom. The lowest BCUT2D eigenvalue weighted by Crippen LogP contribution is -2.23. The minimum Gasteiger partial charge on any atom is -0.497 e. The summed E-state index contributed by atoms with van der Waals surface area (Å²) >= 11 is 0. The van der Waals surface area contributed by atoms with Gasteiger partial charge in [-0.05, 0) is 69.3 Å². The third-order valence-corrected chi connectivity index (χ3v) is 4.30. The van der Waals surface area contributed by atoms with Gasteiger partial charge in [0.25, 0.3) is 10.0 Å². The van der Waals surface area contributed by atoms with E-state index in [1.54, 1.807) is 43.5 Å². The first-order chi connectivity index (χ1) is 10.7. The van der Waals surface area contributed by atoms with Gasteiger partial charge in [0.05, 0.1) is 12.0 Å². The molecule has 0 heterocycles. The maximum atomic E-state index is 12.4. The van der Waals surface area contributed by atoms with Crippen LogP contribution in [0.15, 0.2) is 53.4 Å². The van der Waals surface area contributed by atoms with Gasteiger partial charge in [-0.3, -0.25) is 4.72 Å². The van der Waals surface area contributed by atoms with Crippen LogP contribution in [-0.4, -0.2) is 21.1 Å². The van der Waals surface area contributed by atoms with Crippen molar-refractivity contribution in [3.05, 3.63) is 48.5 Å². The second-order valence-electron chi connectivity index (χ2n) is 6.02. The number of benzene rings is 2. The molecule has 1 N–H and O–H groups in total. The van der Waals surface area contributed by atoms with E-state index in [1.165, 1.54) is 12.1 Å². The first kappa shape index (κ1) is 17.1. The van der Waals surface area contributed by atoms with Crippen molar-refractivity contribution in [3.8, 4) is 11.5 Å². The SMILES string of the molecule is COc1ccc(NS(=O)(=O)c2ccc(OC(C)(C)C)cc2)cc1. The molecule has 2 aromatic carbocycles. The van der Waals surface area contributed by atoms with Gasteiger partial charge in [0.15, 0.2) is 0 Å². The summed E-state index contributed by atoms with van der Waals surface area (Å²) in [6, 6.07) is 13.0. The van der Waals surface area contributed by atoms with Crippen LogP contribution in [-0.2, 0) is 10.0 Å². The minimum absolute atomic E-state index is 0.176. The molecule has 5 nitrogen and oxygen atoms in total. The van der Waals surface area contributed by atoms with Crippen LogP contribution in [0.25, 0.3) is 0 Å². The number of anilines is 1. The van der Waals surface area contributed by atoms with Crippen molar-refractivity contribution >= 4 is 15.7 Å². The normalized spacial score (nSPS) is 11.8. The molecule has 124 valence electrons. The quantitative estimate of drug-likeness (QED) is 0.905. The van der Waals surface area contributed by atoms with E-state index in [0.29, 0.717) is 17.2 Å². The van der Waals surface area contributed by atoms with Crippen LogP contribution in [0, 0.1) is 0 Å². The van der Waals surface area contributed by atoms with Crippen molar-refractivity contribution in [1.82, 2.24) is 0 Å². The van der Waals surface area contributed by atoms with Crippen molar-refractivity contribution in [2.24, 2.45) is 0 Å². The Hall–Kier alpha value is -2.21. The molecule has 0 aromatic heterocycles. The van der Waals surface area contributed by atoms with E-state index < -0.39 is 10.0 Å². The van der Waals surface area contributed by atoms with E-state index in [-0.39, 0.29) is 10.5 Å². The average molecular weight is 335 g/mol. The fourth-order valence-electron chi connectivity index (χ4n) is 1.91. The van der Waals surface area contributed by atoms with Crippen molar-refractivity contribution in [2.75, 3.05) is 11.8 Å². The summed E-state index contributed by atoms with van der Waals surface area (Å²) in [5.41, 5.74) is 0.141. The Kier molecular flexibility index (Phi) is 4.85. The summed E-state index contributed by atoms with van der Waals surface area (Å²) in [5, 5.41) is 0. The summed E-state index contributed by atoms with van der Waals surface area (Å²) in [5.74, 6) is 1.29. The fraction of sp³-hybridized carbons (Fsp3) is 0.294. The number of hydrogen-bond donors (Lipinski definition) is 1. The lowest BCUT2D eigenvalue weighted by atomic mass is 10.2. The Balaban J connectivity index is 2.15. The number of methoxy groups -OCH3 is 1. The summed E-state index contributed by atoms with van der Waals surface area (Å²) in [4.78, 5) is 0.176. The molecular formula is C17H21NO4S. The molecule has 0 aliphatic carbocycles. The molecule has 0 fully saturated rings. The van der Waals surface area contributed by atoms with Gasteiger partial charge < -0.3 is 9.47 Å². The van der Waals surface area contributed by atoms with Crippen molar-refractivity contribution < 1.29 is 17.9 Å². The molecule has 0 aliphatic heterocycles. The molecule has 0 amide bonds. The van der Waals surface area contributed by atoms with Crippen LogP contribution in [0.1, 0.15) is 20.8 Å². The maximum absolute atomic E-state index is 12.4. The Morgan fingerprint density at radius 2 is 1.39 bits per heavy atom. The lowest BCUT2D eigenvalue weighted by molar-refractivity contribution is 0.131. The molecule has 6 heteroatoms. The summed E-state index contributed by atoms with van der Waals surface area (Å²) < 4.78 is 38.0. The van der Waals surface area contributed by atoms with E-state index in [1.807, 2.05) is 20.8 Å². The lowest BCUT2D eigenvalue weighted by Gasteiger charge is -2.21. The first-order valence-corrected chi connectivity index (χ1v) is 8.64. The highest BCUT2D eigenvalue weighted by Gasteiger charge is 2.16. The highest BCUT2D eigenvalue weighted by molar-refractivity contribution is 7.92. The number of sulfonamides is 1. The van der Waals surface area contributed by atoms with Gasteiger partial charge in [-0.2, -0.15) is 0 Å². The van der Waals surface area contributed by atoms with Crippen LogP contribution in [0.3, 0.4) is 0 Å². The highest BCUT2D eigenvalue weighted by Crippen LogP contribution is 2.23. The van der Waals surface area contributed by atoms with Crippen molar-refractivity contribution in [2.45, 2.75) is 31.3 Å². The minimum atomic E-state index is -3.64. The van der Waals surface area contributed by atoms with Gasteiger partial charge in [-0.25, -0.2) is 8.42 Å². The third-order valence-electron chi connectivity index (χ3n) is 2.90. The standard InChI is InChI=1S/C17H21NO4S/c1-17(2,3)22-15-9-11-16(12-10-15)23(19,20)18-13-5-7-14(21-4)8-6-13/h5-12,18H,1-4H3. The highest BCUT2D eigenvalue weighted by atomic mass is 32.2. The topological polar surface area (TPSA) is 64.6 Å². The van der Waals surface area contributed by atoms with Crippen LogP contribution in [0.4, 0.5) is 5.69 Å². The molecule has 23 heavy (non-hydrogen) atoms. The molecule has 0 unspecified atom stereocenters. The molecule has 0 radical (unpaired) electrons. The van der Waals surface area contributed by atoms with E-state index in [4.69, 9.17) is 9.47 Å². The number of nitrogens with one attached hydrogen (secondary N) is 1. The first-order valence-electron chi connectivity index (χ1n) is 7.15. The molecule has 2 rings (SSSR count). The van der Waals surface area contributed by atoms with Crippen molar-refractivity contribution in [3.63, 3.8) is 0 Å². The molecule has 2 aromatic rings. The Bertz CT molecular complexity index is 745. The third kappa shape index (κ3) is 4.89. The van der Waals surface area contributed by atoms with Gasteiger partial charge in [0, 0.05) is 5.69 Å². The summed E-state index contributed by atoms with van der Waals surface area (Å²) in [6.07, 6.45) is 0. The van der Waals surface area contributed by atoms with E-state index in [9.17, 15) is 8.42 Å². The zero-order chi connectivity index (χ0) is 17.1. The summed E-state index contributed by atoms with van der Waals surface area (Å²) in [7, 11) is -2.08. The monoisotopic (exact) mass is 335 g/mol. The predicted molar refractivity (Wildman–Crippen MR) is 90.6 cm³/mol. The molecule has 0 bridgehead atoms. The maximum Gasteiger partial charge on any atom is 0.261 e. The molecule has 0 atom stereocenters. The molecule has 0 saturated heterocycles. The van der Waals surface area contributed by atoms with Gasteiger partial charge in [0.1, 0.15) is 17.1 Å².